The number of aromatic nitrogens is 2. The first-order valence-corrected chi connectivity index (χ1v) is 11.5. The lowest BCUT2D eigenvalue weighted by atomic mass is 9.99. The number of aryl methyl sites for hydroxylation is 3. The summed E-state index contributed by atoms with van der Waals surface area (Å²) in [6, 6.07) is 19.7. The van der Waals surface area contributed by atoms with E-state index in [2.05, 4.69) is 83.7 Å². The highest BCUT2D eigenvalue weighted by atomic mass is 14.8. The van der Waals surface area contributed by atoms with Gasteiger partial charge in [-0.25, -0.2) is 0 Å². The summed E-state index contributed by atoms with van der Waals surface area (Å²) < 4.78 is 0. The molecule has 160 valence electrons. The topological polar surface area (TPSA) is 40.7 Å². The predicted molar refractivity (Wildman–Crippen MR) is 132 cm³/mol. The molecule has 31 heavy (non-hydrogen) atoms. The van der Waals surface area contributed by atoms with E-state index in [4.69, 9.17) is 0 Å². The monoisotopic (exact) mass is 411 g/mol. The molecule has 2 aromatic carbocycles. The molecule has 0 saturated heterocycles. The Morgan fingerprint density at radius 1 is 0.806 bits per heavy atom. The summed E-state index contributed by atoms with van der Waals surface area (Å²) in [6.45, 7) is 6.44. The molecule has 2 aromatic heterocycles. The molecule has 0 fully saturated rings. The van der Waals surface area contributed by atoms with E-state index in [1.54, 1.807) is 0 Å². The van der Waals surface area contributed by atoms with Gasteiger partial charge in [0, 0.05) is 29.0 Å². The van der Waals surface area contributed by atoms with Crippen molar-refractivity contribution in [1.82, 2.24) is 15.3 Å². The Balaban J connectivity index is 1.33. The van der Waals surface area contributed by atoms with Crippen molar-refractivity contribution in [2.45, 2.75) is 46.0 Å². The van der Waals surface area contributed by atoms with Gasteiger partial charge in [-0.05, 0) is 99.6 Å². The Hall–Kier alpha value is -2.91. The fourth-order valence-corrected chi connectivity index (χ4v) is 4.47. The first-order valence-electron chi connectivity index (χ1n) is 11.5. The lowest BCUT2D eigenvalue weighted by molar-refractivity contribution is 0.604. The maximum Gasteiger partial charge on any atom is 0.0498 e. The molecule has 0 spiro atoms. The Bertz CT molecular complexity index is 1090. The van der Waals surface area contributed by atoms with Crippen molar-refractivity contribution in [1.29, 1.82) is 0 Å². The lowest BCUT2D eigenvalue weighted by Crippen LogP contribution is -2.18. The Labute approximate surface area is 185 Å². The van der Waals surface area contributed by atoms with Crippen LogP contribution in [0.3, 0.4) is 0 Å². The van der Waals surface area contributed by atoms with Crippen LogP contribution in [-0.4, -0.2) is 23.1 Å². The SMILES string of the molecule is Cc1cc(C)cc(-c2[nH]c3ccccc3c2CCNCCCCCc2ccncc2)c1. The molecule has 0 saturated carbocycles. The third kappa shape index (κ3) is 5.62. The minimum atomic E-state index is 1.00. The van der Waals surface area contributed by atoms with Crippen LogP contribution in [0.5, 0.6) is 0 Å². The molecule has 0 radical (unpaired) electrons. The molecular formula is C28H33N3. The van der Waals surface area contributed by atoms with Gasteiger partial charge in [0.15, 0.2) is 0 Å². The maximum atomic E-state index is 4.09. The molecule has 2 N–H and O–H groups in total. The molecule has 0 bridgehead atoms. The highest BCUT2D eigenvalue weighted by Crippen LogP contribution is 2.31. The van der Waals surface area contributed by atoms with Crippen molar-refractivity contribution in [2.24, 2.45) is 0 Å². The third-order valence-electron chi connectivity index (χ3n) is 5.94. The summed E-state index contributed by atoms with van der Waals surface area (Å²) >= 11 is 0. The molecule has 3 heteroatoms. The highest BCUT2D eigenvalue weighted by molar-refractivity contribution is 5.91. The molecule has 0 atom stereocenters. The van der Waals surface area contributed by atoms with E-state index >= 15 is 0 Å². The van der Waals surface area contributed by atoms with Gasteiger partial charge < -0.3 is 10.3 Å². The number of hydrogen-bond donors (Lipinski definition) is 2. The maximum absolute atomic E-state index is 4.09. The van der Waals surface area contributed by atoms with Crippen molar-refractivity contribution < 1.29 is 0 Å². The average molecular weight is 412 g/mol. The molecule has 3 nitrogen and oxygen atoms in total. The molecule has 4 rings (SSSR count). The van der Waals surface area contributed by atoms with Gasteiger partial charge in [-0.15, -0.1) is 0 Å². The molecule has 0 aliphatic carbocycles. The number of benzene rings is 2. The molecule has 0 aliphatic rings. The van der Waals surface area contributed by atoms with Gasteiger partial charge in [0.05, 0.1) is 0 Å². The number of unbranched alkanes of at least 4 members (excludes halogenated alkanes) is 2. The normalized spacial score (nSPS) is 11.3. The number of hydrogen-bond acceptors (Lipinski definition) is 2. The molecule has 0 aliphatic heterocycles. The van der Waals surface area contributed by atoms with Crippen LogP contribution < -0.4 is 5.32 Å². The Kier molecular flexibility index (Phi) is 7.16. The number of aromatic amines is 1. The molecule has 2 heterocycles. The van der Waals surface area contributed by atoms with Crippen molar-refractivity contribution in [2.75, 3.05) is 13.1 Å². The standard InChI is InChI=1S/C28H33N3/c1-21-18-22(2)20-24(19-21)28-26(25-9-5-6-10-27(25)31-28)13-17-29-14-7-3-4-8-23-11-15-30-16-12-23/h5-6,9-12,15-16,18-20,29,31H,3-4,7-8,13-14,17H2,1-2H3. The van der Waals surface area contributed by atoms with E-state index in [9.17, 15) is 0 Å². The van der Waals surface area contributed by atoms with E-state index in [1.807, 2.05) is 12.4 Å². The van der Waals surface area contributed by atoms with E-state index < -0.39 is 0 Å². The van der Waals surface area contributed by atoms with Crippen LogP contribution in [0.15, 0.2) is 67.0 Å². The molecule has 0 unspecified atom stereocenters. The molecular weight excluding hydrogens is 378 g/mol. The van der Waals surface area contributed by atoms with Gasteiger partial charge in [0.1, 0.15) is 0 Å². The summed E-state index contributed by atoms with van der Waals surface area (Å²) in [5.41, 5.74) is 9.22. The number of fused-ring (bicyclic) bond motifs is 1. The molecule has 0 amide bonds. The highest BCUT2D eigenvalue weighted by Gasteiger charge is 2.13. The van der Waals surface area contributed by atoms with E-state index in [0.29, 0.717) is 0 Å². The minimum absolute atomic E-state index is 1.00. The summed E-state index contributed by atoms with van der Waals surface area (Å²) in [5, 5.41) is 5.01. The first-order chi connectivity index (χ1) is 15.2. The quantitative estimate of drug-likeness (QED) is 0.297. The fraction of sp³-hybridized carbons (Fsp3) is 0.321. The predicted octanol–water partition coefficient (Wildman–Crippen LogP) is 6.39. The van der Waals surface area contributed by atoms with Crippen molar-refractivity contribution in [3.8, 4) is 11.3 Å². The van der Waals surface area contributed by atoms with Crippen LogP contribution in [0.2, 0.25) is 0 Å². The number of rotatable bonds is 10. The van der Waals surface area contributed by atoms with Crippen LogP contribution >= 0.6 is 0 Å². The van der Waals surface area contributed by atoms with E-state index in [-0.39, 0.29) is 0 Å². The van der Waals surface area contributed by atoms with Gasteiger partial charge in [-0.3, -0.25) is 4.98 Å². The Morgan fingerprint density at radius 3 is 2.39 bits per heavy atom. The average Bonchev–Trinajstić information content (AvgIpc) is 3.14. The van der Waals surface area contributed by atoms with Gasteiger partial charge in [0.25, 0.3) is 0 Å². The van der Waals surface area contributed by atoms with Crippen molar-refractivity contribution in [3.05, 3.63) is 89.2 Å². The van der Waals surface area contributed by atoms with Crippen LogP contribution in [0, 0.1) is 13.8 Å². The number of nitrogens with zero attached hydrogens (tertiary/aromatic N) is 1. The lowest BCUT2D eigenvalue weighted by Gasteiger charge is -2.09. The summed E-state index contributed by atoms with van der Waals surface area (Å²) in [6.07, 6.45) is 9.67. The van der Waals surface area contributed by atoms with Crippen LogP contribution in [0.1, 0.15) is 41.5 Å². The third-order valence-corrected chi connectivity index (χ3v) is 5.94. The van der Waals surface area contributed by atoms with E-state index in [1.165, 1.54) is 63.7 Å². The van der Waals surface area contributed by atoms with Gasteiger partial charge in [-0.1, -0.05) is 41.8 Å². The summed E-state index contributed by atoms with van der Waals surface area (Å²) in [4.78, 5) is 7.77. The largest absolute Gasteiger partial charge is 0.354 e. The first kappa shape index (κ1) is 21.3. The zero-order valence-corrected chi connectivity index (χ0v) is 18.7. The van der Waals surface area contributed by atoms with Gasteiger partial charge >= 0.3 is 0 Å². The zero-order valence-electron chi connectivity index (χ0n) is 18.7. The number of nitrogens with one attached hydrogen (secondary N) is 2. The van der Waals surface area contributed by atoms with Crippen LogP contribution in [0.4, 0.5) is 0 Å². The van der Waals surface area contributed by atoms with E-state index in [0.717, 1.165) is 25.9 Å². The van der Waals surface area contributed by atoms with Crippen LogP contribution in [0.25, 0.3) is 22.2 Å². The van der Waals surface area contributed by atoms with Gasteiger partial charge in [0.2, 0.25) is 0 Å². The number of H-pyrrole nitrogens is 1. The smallest absolute Gasteiger partial charge is 0.0498 e. The second-order valence-electron chi connectivity index (χ2n) is 8.57. The second-order valence-corrected chi connectivity index (χ2v) is 8.57. The Morgan fingerprint density at radius 2 is 1.58 bits per heavy atom. The summed E-state index contributed by atoms with van der Waals surface area (Å²) in [7, 11) is 0. The molecule has 4 aromatic rings. The second kappa shape index (κ2) is 10.4. The fourth-order valence-electron chi connectivity index (χ4n) is 4.47. The summed E-state index contributed by atoms with van der Waals surface area (Å²) in [5.74, 6) is 0. The van der Waals surface area contributed by atoms with Gasteiger partial charge in [-0.2, -0.15) is 0 Å². The zero-order chi connectivity index (χ0) is 21.5. The van der Waals surface area contributed by atoms with Crippen molar-refractivity contribution in [3.63, 3.8) is 0 Å². The number of para-hydroxylation sites is 1. The number of pyridine rings is 1. The van der Waals surface area contributed by atoms with Crippen LogP contribution in [-0.2, 0) is 12.8 Å². The minimum Gasteiger partial charge on any atom is -0.354 e. The van der Waals surface area contributed by atoms with Crippen molar-refractivity contribution >= 4 is 10.9 Å².